The van der Waals surface area contributed by atoms with Gasteiger partial charge in [0.15, 0.2) is 0 Å². The molecule has 126 valence electrons. The first-order chi connectivity index (χ1) is 11.6. The molecule has 3 nitrogen and oxygen atoms in total. The SMILES string of the molecule is CC.CNC(C)c1nc2ccccc2c(=S)n1-c1ccc(F)cc1. The van der Waals surface area contributed by atoms with Gasteiger partial charge in [0, 0.05) is 11.1 Å². The summed E-state index contributed by atoms with van der Waals surface area (Å²) in [5.74, 6) is 0.532. The van der Waals surface area contributed by atoms with Crippen molar-refractivity contribution in [1.29, 1.82) is 0 Å². The first-order valence-electron chi connectivity index (χ1n) is 8.06. The topological polar surface area (TPSA) is 29.9 Å². The molecular weight excluding hydrogens is 321 g/mol. The van der Waals surface area contributed by atoms with E-state index in [1.165, 1.54) is 12.1 Å². The molecule has 1 N–H and O–H groups in total. The fourth-order valence-electron chi connectivity index (χ4n) is 2.41. The predicted molar refractivity (Wildman–Crippen MR) is 101 cm³/mol. The number of halogens is 1. The number of rotatable bonds is 3. The second kappa shape index (κ2) is 8.13. The lowest BCUT2D eigenvalue weighted by Crippen LogP contribution is -2.20. The summed E-state index contributed by atoms with van der Waals surface area (Å²) in [4.78, 5) is 4.75. The molecule has 0 bridgehead atoms. The maximum Gasteiger partial charge on any atom is 0.131 e. The van der Waals surface area contributed by atoms with Crippen LogP contribution in [-0.4, -0.2) is 16.6 Å². The molecule has 0 amide bonds. The molecule has 1 unspecified atom stereocenters. The van der Waals surface area contributed by atoms with Crippen molar-refractivity contribution >= 4 is 23.1 Å². The Hall–Kier alpha value is -2.11. The summed E-state index contributed by atoms with van der Waals surface area (Å²) >= 11 is 5.66. The van der Waals surface area contributed by atoms with Crippen LogP contribution in [0, 0.1) is 10.5 Å². The Bertz CT molecular complexity index is 872. The molecule has 0 fully saturated rings. The van der Waals surface area contributed by atoms with E-state index in [1.54, 1.807) is 12.1 Å². The number of aromatic nitrogens is 2. The maximum atomic E-state index is 13.2. The Morgan fingerprint density at radius 1 is 1.08 bits per heavy atom. The fourth-order valence-corrected chi connectivity index (χ4v) is 2.78. The van der Waals surface area contributed by atoms with Crippen LogP contribution in [0.2, 0.25) is 0 Å². The van der Waals surface area contributed by atoms with Gasteiger partial charge in [-0.05, 0) is 50.4 Å². The predicted octanol–water partition coefficient (Wildman–Crippen LogP) is 5.20. The summed E-state index contributed by atoms with van der Waals surface area (Å²) in [5, 5.41) is 4.10. The van der Waals surface area contributed by atoms with E-state index < -0.39 is 0 Å². The summed E-state index contributed by atoms with van der Waals surface area (Å²) in [5.41, 5.74) is 1.67. The zero-order valence-corrected chi connectivity index (χ0v) is 15.2. The second-order valence-electron chi connectivity index (χ2n) is 5.11. The van der Waals surface area contributed by atoms with Crippen molar-refractivity contribution in [3.05, 3.63) is 64.8 Å². The maximum absolute atomic E-state index is 13.2. The smallest absolute Gasteiger partial charge is 0.131 e. The second-order valence-corrected chi connectivity index (χ2v) is 5.50. The lowest BCUT2D eigenvalue weighted by Gasteiger charge is -2.19. The van der Waals surface area contributed by atoms with Crippen LogP contribution in [0.3, 0.4) is 0 Å². The summed E-state index contributed by atoms with van der Waals surface area (Å²) in [6, 6.07) is 14.1. The van der Waals surface area contributed by atoms with Gasteiger partial charge < -0.3 is 5.32 Å². The van der Waals surface area contributed by atoms with Gasteiger partial charge in [0.25, 0.3) is 0 Å². The number of nitrogens with zero attached hydrogens (tertiary/aromatic N) is 2. The third-order valence-corrected chi connectivity index (χ3v) is 4.11. The first kappa shape index (κ1) is 18.2. The van der Waals surface area contributed by atoms with Crippen molar-refractivity contribution in [3.63, 3.8) is 0 Å². The van der Waals surface area contributed by atoms with Crippen LogP contribution in [0.4, 0.5) is 4.39 Å². The third-order valence-electron chi connectivity index (χ3n) is 3.71. The molecule has 1 heterocycles. The molecule has 2 aromatic carbocycles. The zero-order valence-electron chi connectivity index (χ0n) is 14.4. The minimum atomic E-state index is -0.271. The Morgan fingerprint density at radius 2 is 1.71 bits per heavy atom. The molecule has 0 saturated carbocycles. The highest BCUT2D eigenvalue weighted by Gasteiger charge is 2.14. The van der Waals surface area contributed by atoms with Crippen LogP contribution in [0.15, 0.2) is 48.5 Å². The van der Waals surface area contributed by atoms with E-state index in [1.807, 2.05) is 56.7 Å². The van der Waals surface area contributed by atoms with Crippen molar-refractivity contribution in [2.24, 2.45) is 0 Å². The van der Waals surface area contributed by atoms with E-state index >= 15 is 0 Å². The van der Waals surface area contributed by atoms with Gasteiger partial charge in [-0.2, -0.15) is 0 Å². The molecule has 1 atom stereocenters. The van der Waals surface area contributed by atoms with E-state index in [2.05, 4.69) is 5.32 Å². The van der Waals surface area contributed by atoms with Gasteiger partial charge in [0.05, 0.1) is 11.6 Å². The lowest BCUT2D eigenvalue weighted by atomic mass is 10.2. The van der Waals surface area contributed by atoms with Gasteiger partial charge in [0.2, 0.25) is 0 Å². The lowest BCUT2D eigenvalue weighted by molar-refractivity contribution is 0.591. The number of nitrogens with one attached hydrogen (secondary N) is 1. The molecule has 0 aliphatic heterocycles. The minimum absolute atomic E-state index is 0.0105. The van der Waals surface area contributed by atoms with Crippen molar-refractivity contribution in [3.8, 4) is 5.69 Å². The van der Waals surface area contributed by atoms with Crippen molar-refractivity contribution in [2.45, 2.75) is 26.8 Å². The number of fused-ring (bicyclic) bond motifs is 1. The van der Waals surface area contributed by atoms with Crippen LogP contribution in [0.25, 0.3) is 16.6 Å². The molecule has 5 heteroatoms. The quantitative estimate of drug-likeness (QED) is 0.663. The van der Waals surface area contributed by atoms with Crippen molar-refractivity contribution in [1.82, 2.24) is 14.9 Å². The van der Waals surface area contributed by atoms with Gasteiger partial charge in [-0.25, -0.2) is 9.37 Å². The number of para-hydroxylation sites is 1. The fraction of sp³-hybridized carbons (Fsp3) is 0.263. The zero-order chi connectivity index (χ0) is 17.7. The summed E-state index contributed by atoms with van der Waals surface area (Å²) in [6.45, 7) is 6.02. The Labute approximate surface area is 147 Å². The molecule has 3 rings (SSSR count). The average molecular weight is 343 g/mol. The molecule has 3 aromatic rings. The molecule has 0 aliphatic carbocycles. The van der Waals surface area contributed by atoms with Gasteiger partial charge in [-0.3, -0.25) is 4.57 Å². The third kappa shape index (κ3) is 3.52. The van der Waals surface area contributed by atoms with Gasteiger partial charge in [-0.15, -0.1) is 0 Å². The molecule has 0 spiro atoms. The number of benzene rings is 2. The van der Waals surface area contributed by atoms with Crippen LogP contribution in [0.1, 0.15) is 32.6 Å². The Kier molecular flexibility index (Phi) is 6.17. The highest BCUT2D eigenvalue weighted by atomic mass is 32.1. The molecule has 24 heavy (non-hydrogen) atoms. The van der Waals surface area contributed by atoms with Crippen LogP contribution >= 0.6 is 12.2 Å². The molecule has 1 aromatic heterocycles. The molecule has 0 saturated heterocycles. The highest BCUT2D eigenvalue weighted by molar-refractivity contribution is 7.71. The monoisotopic (exact) mass is 343 g/mol. The van der Waals surface area contributed by atoms with E-state index in [-0.39, 0.29) is 11.9 Å². The van der Waals surface area contributed by atoms with E-state index in [0.29, 0.717) is 4.64 Å². The van der Waals surface area contributed by atoms with Crippen LogP contribution < -0.4 is 5.32 Å². The Balaban J connectivity index is 0.00000100. The Morgan fingerprint density at radius 3 is 2.33 bits per heavy atom. The normalized spacial score (nSPS) is 11.7. The number of hydrogen-bond donors (Lipinski definition) is 1. The van der Waals surface area contributed by atoms with E-state index in [0.717, 1.165) is 22.4 Å². The van der Waals surface area contributed by atoms with Gasteiger partial charge >= 0.3 is 0 Å². The van der Waals surface area contributed by atoms with E-state index in [9.17, 15) is 4.39 Å². The van der Waals surface area contributed by atoms with Crippen LogP contribution in [0.5, 0.6) is 0 Å². The van der Waals surface area contributed by atoms with Gasteiger partial charge in [0.1, 0.15) is 16.3 Å². The number of hydrogen-bond acceptors (Lipinski definition) is 3. The highest BCUT2D eigenvalue weighted by Crippen LogP contribution is 2.23. The summed E-state index contributed by atoms with van der Waals surface area (Å²) in [7, 11) is 1.87. The van der Waals surface area contributed by atoms with Crippen LogP contribution in [-0.2, 0) is 0 Å². The van der Waals surface area contributed by atoms with Gasteiger partial charge in [-0.1, -0.05) is 38.2 Å². The standard InChI is InChI=1S/C17H16FN3S.C2H6/c1-11(19-2)16-20-15-6-4-3-5-14(15)17(22)21(16)13-9-7-12(18)8-10-13;1-2/h3-11,19H,1-2H3;1-2H3. The van der Waals surface area contributed by atoms with Crippen molar-refractivity contribution < 1.29 is 4.39 Å². The van der Waals surface area contributed by atoms with Crippen molar-refractivity contribution in [2.75, 3.05) is 7.05 Å². The summed E-state index contributed by atoms with van der Waals surface area (Å²) in [6.07, 6.45) is 0. The average Bonchev–Trinajstić information content (AvgIpc) is 2.63. The minimum Gasteiger partial charge on any atom is -0.311 e. The largest absolute Gasteiger partial charge is 0.311 e. The molecule has 0 aliphatic rings. The first-order valence-corrected chi connectivity index (χ1v) is 8.47. The summed E-state index contributed by atoms with van der Waals surface area (Å²) < 4.78 is 15.8. The molecule has 0 radical (unpaired) electrons. The molecular formula is C19H22FN3S. The van der Waals surface area contributed by atoms with E-state index in [4.69, 9.17) is 17.2 Å².